The summed E-state index contributed by atoms with van der Waals surface area (Å²) in [7, 11) is 0. The summed E-state index contributed by atoms with van der Waals surface area (Å²) >= 11 is 1.62. The highest BCUT2D eigenvalue weighted by Gasteiger charge is 2.35. The highest BCUT2D eigenvalue weighted by atomic mass is 32.2. The van der Waals surface area contributed by atoms with Crippen LogP contribution in [0.25, 0.3) is 6.08 Å². The number of fused-ring (bicyclic) bond motifs is 2. The van der Waals surface area contributed by atoms with Gasteiger partial charge in [0.2, 0.25) is 0 Å². The Bertz CT molecular complexity index is 1150. The minimum Gasteiger partial charge on any atom is -0.507 e. The van der Waals surface area contributed by atoms with Crippen LogP contribution >= 0.6 is 11.8 Å². The van der Waals surface area contributed by atoms with Gasteiger partial charge in [-0.3, -0.25) is 9.59 Å². The van der Waals surface area contributed by atoms with E-state index in [9.17, 15) is 19.5 Å². The lowest BCUT2D eigenvalue weighted by atomic mass is 9.83. The molecule has 0 aliphatic carbocycles. The quantitative estimate of drug-likeness (QED) is 0.309. The summed E-state index contributed by atoms with van der Waals surface area (Å²) in [5.41, 5.74) is 1.78. The van der Waals surface area contributed by atoms with Crippen molar-refractivity contribution in [1.82, 2.24) is 0 Å². The molecule has 1 N–H and O–H groups in total. The molecule has 35 heavy (non-hydrogen) atoms. The number of carbonyl (C=O) groups excluding carboxylic acids is 3. The fourth-order valence-electron chi connectivity index (χ4n) is 4.64. The number of rotatable bonds is 2. The molecule has 0 spiro atoms. The molecule has 2 aromatic carbocycles. The van der Waals surface area contributed by atoms with Crippen LogP contribution in [0.5, 0.6) is 11.5 Å². The first-order chi connectivity index (χ1) is 16.9. The van der Waals surface area contributed by atoms with Crippen molar-refractivity contribution in [2.45, 2.75) is 68.8 Å². The van der Waals surface area contributed by atoms with Gasteiger partial charge in [0.15, 0.2) is 0 Å². The second-order valence-corrected chi connectivity index (χ2v) is 9.93. The Hall–Kier alpha value is -3.06. The molecule has 0 fully saturated rings. The van der Waals surface area contributed by atoms with Gasteiger partial charge >= 0.3 is 11.9 Å². The van der Waals surface area contributed by atoms with E-state index in [-0.39, 0.29) is 29.3 Å². The van der Waals surface area contributed by atoms with Gasteiger partial charge in [-0.1, -0.05) is 24.3 Å². The number of ketones is 1. The molecule has 0 amide bonds. The number of hydrogen-bond acceptors (Lipinski definition) is 7. The minimum absolute atomic E-state index is 0.0628. The van der Waals surface area contributed by atoms with Crippen molar-refractivity contribution < 1.29 is 29.0 Å². The van der Waals surface area contributed by atoms with Crippen molar-refractivity contribution in [2.75, 3.05) is 6.26 Å². The number of ether oxygens (including phenoxy) is 2. The van der Waals surface area contributed by atoms with Crippen LogP contribution in [-0.4, -0.2) is 35.2 Å². The van der Waals surface area contributed by atoms with E-state index in [1.54, 1.807) is 30.8 Å². The van der Waals surface area contributed by atoms with Gasteiger partial charge in [0.1, 0.15) is 22.8 Å². The molecule has 2 aromatic rings. The predicted molar refractivity (Wildman–Crippen MR) is 135 cm³/mol. The number of benzene rings is 2. The number of thioether (sulfide) groups is 1. The van der Waals surface area contributed by atoms with Crippen LogP contribution in [0.2, 0.25) is 0 Å². The zero-order chi connectivity index (χ0) is 24.9. The van der Waals surface area contributed by atoms with Crippen LogP contribution in [-0.2, 0) is 14.3 Å². The number of hydrogen-bond donors (Lipinski definition) is 1. The topological polar surface area (TPSA) is 89.9 Å². The van der Waals surface area contributed by atoms with E-state index in [0.29, 0.717) is 49.7 Å². The first kappa shape index (κ1) is 25.0. The maximum absolute atomic E-state index is 13.3. The molecular formula is C28H30O6S. The highest BCUT2D eigenvalue weighted by Crippen LogP contribution is 2.47. The van der Waals surface area contributed by atoms with Gasteiger partial charge in [-0.2, -0.15) is 0 Å². The second-order valence-electron chi connectivity index (χ2n) is 9.05. The fourth-order valence-corrected chi connectivity index (χ4v) is 5.05. The van der Waals surface area contributed by atoms with Gasteiger partial charge in [-0.05, 0) is 68.2 Å². The van der Waals surface area contributed by atoms with Crippen molar-refractivity contribution in [3.63, 3.8) is 0 Å². The van der Waals surface area contributed by atoms with Gasteiger partial charge in [-0.15, -0.1) is 11.8 Å². The Morgan fingerprint density at radius 2 is 1.80 bits per heavy atom. The number of Topliss-reactive ketones (excluding diaryl/α,β-unsaturated/α-hetero) is 1. The summed E-state index contributed by atoms with van der Waals surface area (Å²) in [5.74, 6) is -1.22. The standard InChI is InChI=1S/C28H30O6S/c1-17-7-6-10-20(29)9-5-3-4-8-19-15-23-26(27(31)25(19)28(32)33-17)22(16-24(30)34-23)18-11-13-21(35-2)14-12-18/h4,8,11-15,17,22,31H,3,5-7,9-10,16H2,1-2H3/t17-,22?/m0/s1. The third-order valence-electron chi connectivity index (χ3n) is 6.50. The lowest BCUT2D eigenvalue weighted by molar-refractivity contribution is -0.135. The van der Waals surface area contributed by atoms with Crippen molar-refractivity contribution in [3.05, 3.63) is 58.7 Å². The Kier molecular flexibility index (Phi) is 7.96. The number of carbonyl (C=O) groups is 3. The van der Waals surface area contributed by atoms with E-state index in [1.807, 2.05) is 36.6 Å². The van der Waals surface area contributed by atoms with Gasteiger partial charge in [-0.25, -0.2) is 4.79 Å². The van der Waals surface area contributed by atoms with E-state index in [4.69, 9.17) is 9.47 Å². The van der Waals surface area contributed by atoms with E-state index in [1.165, 1.54) is 0 Å². The second kappa shape index (κ2) is 11.1. The monoisotopic (exact) mass is 494 g/mol. The largest absolute Gasteiger partial charge is 0.507 e. The number of esters is 2. The zero-order valence-corrected chi connectivity index (χ0v) is 20.9. The van der Waals surface area contributed by atoms with Crippen molar-refractivity contribution in [3.8, 4) is 11.5 Å². The Labute approximate surface area is 209 Å². The molecule has 0 saturated heterocycles. The number of phenols is 1. The number of cyclic esters (lactones) is 1. The summed E-state index contributed by atoms with van der Waals surface area (Å²) in [6.07, 6.45) is 8.80. The van der Waals surface area contributed by atoms with Gasteiger partial charge in [0, 0.05) is 29.2 Å². The Morgan fingerprint density at radius 1 is 1.06 bits per heavy atom. The average molecular weight is 495 g/mol. The molecule has 0 bridgehead atoms. The van der Waals surface area contributed by atoms with Gasteiger partial charge < -0.3 is 14.6 Å². The van der Waals surface area contributed by atoms with E-state index >= 15 is 0 Å². The zero-order valence-electron chi connectivity index (χ0n) is 20.0. The maximum atomic E-state index is 13.3. The van der Waals surface area contributed by atoms with Crippen LogP contribution in [0.15, 0.2) is 41.3 Å². The Morgan fingerprint density at radius 3 is 2.54 bits per heavy atom. The first-order valence-electron chi connectivity index (χ1n) is 12.0. The summed E-state index contributed by atoms with van der Waals surface area (Å²) in [6, 6.07) is 9.45. The van der Waals surface area contributed by atoms with Gasteiger partial charge in [0.05, 0.1) is 12.5 Å². The number of allylic oxidation sites excluding steroid dienone is 1. The molecule has 0 saturated carbocycles. The SMILES string of the molecule is CSc1ccc(C2CC(=O)Oc3cc4c(c(O)c32)C(=O)O[C@@H](C)CCCC(=O)CCCC=C4)cc1. The predicted octanol–water partition coefficient (Wildman–Crippen LogP) is 6.04. The summed E-state index contributed by atoms with van der Waals surface area (Å²) in [5, 5.41) is 11.4. The van der Waals surface area contributed by atoms with Crippen LogP contribution in [0.3, 0.4) is 0 Å². The lowest BCUT2D eigenvalue weighted by Crippen LogP contribution is -2.23. The first-order valence-corrected chi connectivity index (χ1v) is 13.2. The van der Waals surface area contributed by atoms with Crippen LogP contribution in [0.4, 0.5) is 0 Å². The molecule has 2 aliphatic heterocycles. The van der Waals surface area contributed by atoms with E-state index in [0.717, 1.165) is 10.5 Å². The molecule has 0 radical (unpaired) electrons. The van der Waals surface area contributed by atoms with Crippen molar-refractivity contribution in [1.29, 1.82) is 0 Å². The normalized spacial score (nSPS) is 21.4. The summed E-state index contributed by atoms with van der Waals surface area (Å²) < 4.78 is 11.2. The molecular weight excluding hydrogens is 464 g/mol. The average Bonchev–Trinajstić information content (AvgIpc) is 2.82. The smallest absolute Gasteiger partial charge is 0.342 e. The highest BCUT2D eigenvalue weighted by molar-refractivity contribution is 7.98. The van der Waals surface area contributed by atoms with Crippen LogP contribution in [0.1, 0.15) is 84.8 Å². The van der Waals surface area contributed by atoms with Crippen molar-refractivity contribution in [2.24, 2.45) is 0 Å². The van der Waals surface area contributed by atoms with Crippen LogP contribution in [0, 0.1) is 0 Å². The maximum Gasteiger partial charge on any atom is 0.342 e. The molecule has 2 heterocycles. The Balaban J connectivity index is 1.79. The molecule has 4 rings (SSSR count). The molecule has 6 nitrogen and oxygen atoms in total. The third-order valence-corrected chi connectivity index (χ3v) is 7.24. The molecule has 7 heteroatoms. The van der Waals surface area contributed by atoms with E-state index < -0.39 is 24.0 Å². The van der Waals surface area contributed by atoms with Crippen molar-refractivity contribution >= 4 is 35.6 Å². The molecule has 1 unspecified atom stereocenters. The molecule has 2 atom stereocenters. The lowest BCUT2D eigenvalue weighted by Gasteiger charge is -2.27. The third kappa shape index (κ3) is 5.78. The summed E-state index contributed by atoms with van der Waals surface area (Å²) in [4.78, 5) is 38.8. The van der Waals surface area contributed by atoms with Crippen LogP contribution < -0.4 is 4.74 Å². The number of phenolic OH excluding ortho intramolecular Hbond substituents is 1. The fraction of sp³-hybridized carbons (Fsp3) is 0.393. The molecule has 2 aliphatic rings. The molecule has 184 valence electrons. The summed E-state index contributed by atoms with van der Waals surface area (Å²) in [6.45, 7) is 1.79. The van der Waals surface area contributed by atoms with Gasteiger partial charge in [0.25, 0.3) is 0 Å². The minimum atomic E-state index is -0.630. The number of aromatic hydroxyl groups is 1. The van der Waals surface area contributed by atoms with E-state index in [2.05, 4.69) is 0 Å². The molecule has 0 aromatic heterocycles.